The number of hydrogen-bond donors (Lipinski definition) is 1. The van der Waals surface area contributed by atoms with Crippen LogP contribution in [0.15, 0.2) is 31.0 Å². The average Bonchev–Trinajstić information content (AvgIpc) is 2.35. The molecule has 1 rings (SSSR count). The molecule has 0 radical (unpaired) electrons. The maximum Gasteiger partial charge on any atom is 0.129 e. The van der Waals surface area contributed by atoms with Crippen LogP contribution in [0.2, 0.25) is 0 Å². The summed E-state index contributed by atoms with van der Waals surface area (Å²) in [4.78, 5) is 6.78. The van der Waals surface area contributed by atoms with Gasteiger partial charge in [-0.15, -0.1) is 6.58 Å². The maximum atomic E-state index is 4.52. The van der Waals surface area contributed by atoms with Crippen molar-refractivity contribution < 1.29 is 0 Å². The zero-order chi connectivity index (χ0) is 14.5. The van der Waals surface area contributed by atoms with Crippen molar-refractivity contribution in [3.05, 3.63) is 36.5 Å². The van der Waals surface area contributed by atoms with E-state index in [4.69, 9.17) is 0 Å². The molecule has 0 aliphatic rings. The highest BCUT2D eigenvalue weighted by Gasteiger charge is 2.22. The lowest BCUT2D eigenvalue weighted by atomic mass is 10.0. The van der Waals surface area contributed by atoms with Gasteiger partial charge in [-0.25, -0.2) is 4.98 Å². The number of nitrogens with one attached hydrogen (secondary N) is 1. The number of pyridine rings is 1. The summed E-state index contributed by atoms with van der Waals surface area (Å²) in [5, 5.41) is 3.43. The third kappa shape index (κ3) is 4.35. The first kappa shape index (κ1) is 15.7. The van der Waals surface area contributed by atoms with Gasteiger partial charge in [-0.3, -0.25) is 0 Å². The molecule has 0 fully saturated rings. The Morgan fingerprint density at radius 1 is 1.47 bits per heavy atom. The van der Waals surface area contributed by atoms with Gasteiger partial charge >= 0.3 is 0 Å². The first-order valence-corrected chi connectivity index (χ1v) is 6.98. The monoisotopic (exact) mass is 261 g/mol. The van der Waals surface area contributed by atoms with Crippen molar-refractivity contribution in [1.82, 2.24) is 10.3 Å². The minimum Gasteiger partial charge on any atom is -0.348 e. The van der Waals surface area contributed by atoms with Crippen molar-refractivity contribution in [3.8, 4) is 0 Å². The van der Waals surface area contributed by atoms with E-state index in [-0.39, 0.29) is 5.54 Å². The third-order valence-electron chi connectivity index (χ3n) is 3.18. The van der Waals surface area contributed by atoms with Crippen molar-refractivity contribution >= 4 is 5.82 Å². The number of rotatable bonds is 6. The maximum absolute atomic E-state index is 4.52. The van der Waals surface area contributed by atoms with Gasteiger partial charge in [0.15, 0.2) is 0 Å². The van der Waals surface area contributed by atoms with Gasteiger partial charge in [0.2, 0.25) is 0 Å². The molecule has 0 bridgehead atoms. The number of aromatic nitrogens is 1. The molecule has 1 N–H and O–H groups in total. The van der Waals surface area contributed by atoms with Gasteiger partial charge in [-0.2, -0.15) is 0 Å². The average molecular weight is 261 g/mol. The van der Waals surface area contributed by atoms with E-state index in [1.807, 2.05) is 12.3 Å². The van der Waals surface area contributed by atoms with E-state index in [1.165, 1.54) is 5.56 Å². The first-order valence-electron chi connectivity index (χ1n) is 6.98. The fourth-order valence-electron chi connectivity index (χ4n) is 2.12. The van der Waals surface area contributed by atoms with Crippen LogP contribution in [0.1, 0.15) is 46.2 Å². The molecule has 0 aliphatic heterocycles. The zero-order valence-corrected chi connectivity index (χ0v) is 12.9. The Bertz CT molecular complexity index is 407. The molecule has 3 nitrogen and oxygen atoms in total. The third-order valence-corrected chi connectivity index (χ3v) is 3.18. The lowest BCUT2D eigenvalue weighted by Gasteiger charge is -2.36. The molecule has 0 saturated heterocycles. The topological polar surface area (TPSA) is 28.2 Å². The standard InChI is InChI=1S/C16H27N3/c1-7-11-19(16(4,5)6)15-12-14(9-10-18-15)13(3)17-8-2/h7,9-10,12-13,17H,1,8,11H2,2-6H3. The summed E-state index contributed by atoms with van der Waals surface area (Å²) >= 11 is 0. The molecular weight excluding hydrogens is 234 g/mol. The van der Waals surface area contributed by atoms with Crippen molar-refractivity contribution in [2.24, 2.45) is 0 Å². The van der Waals surface area contributed by atoms with Gasteiger partial charge < -0.3 is 10.2 Å². The molecular formula is C16H27N3. The Morgan fingerprint density at radius 2 is 2.16 bits per heavy atom. The zero-order valence-electron chi connectivity index (χ0n) is 12.9. The number of nitrogens with zero attached hydrogens (tertiary/aromatic N) is 2. The van der Waals surface area contributed by atoms with Crippen LogP contribution in [-0.2, 0) is 0 Å². The Morgan fingerprint density at radius 3 is 2.68 bits per heavy atom. The predicted octanol–water partition coefficient (Wildman–Crippen LogP) is 3.54. The van der Waals surface area contributed by atoms with Crippen molar-refractivity contribution in [2.75, 3.05) is 18.0 Å². The molecule has 1 aromatic rings. The second-order valence-corrected chi connectivity index (χ2v) is 5.80. The van der Waals surface area contributed by atoms with Gasteiger partial charge in [0.1, 0.15) is 5.82 Å². The van der Waals surface area contributed by atoms with Gasteiger partial charge in [-0.05, 0) is 51.9 Å². The highest BCUT2D eigenvalue weighted by molar-refractivity contribution is 5.45. The van der Waals surface area contributed by atoms with E-state index in [0.29, 0.717) is 6.04 Å². The highest BCUT2D eigenvalue weighted by atomic mass is 15.2. The molecule has 0 aliphatic carbocycles. The predicted molar refractivity (Wildman–Crippen MR) is 83.6 cm³/mol. The molecule has 0 aromatic carbocycles. The van der Waals surface area contributed by atoms with Crippen LogP contribution in [0.25, 0.3) is 0 Å². The van der Waals surface area contributed by atoms with Gasteiger partial charge in [0.05, 0.1) is 0 Å². The molecule has 19 heavy (non-hydrogen) atoms. The second-order valence-electron chi connectivity index (χ2n) is 5.80. The molecule has 3 heteroatoms. The Kier molecular flexibility index (Phi) is 5.55. The van der Waals surface area contributed by atoms with Gasteiger partial charge in [-0.1, -0.05) is 13.0 Å². The van der Waals surface area contributed by atoms with Crippen LogP contribution in [0.3, 0.4) is 0 Å². The highest BCUT2D eigenvalue weighted by Crippen LogP contribution is 2.24. The minimum absolute atomic E-state index is 0.0290. The quantitative estimate of drug-likeness (QED) is 0.794. The van der Waals surface area contributed by atoms with Crippen LogP contribution in [0.5, 0.6) is 0 Å². The van der Waals surface area contributed by atoms with Crippen LogP contribution in [0, 0.1) is 0 Å². The van der Waals surface area contributed by atoms with Crippen LogP contribution < -0.4 is 10.2 Å². The fraction of sp³-hybridized carbons (Fsp3) is 0.562. The first-order chi connectivity index (χ1) is 8.90. The Balaban J connectivity index is 3.04. The summed E-state index contributed by atoms with van der Waals surface area (Å²) in [6, 6.07) is 4.59. The van der Waals surface area contributed by atoms with Crippen molar-refractivity contribution in [1.29, 1.82) is 0 Å². The summed E-state index contributed by atoms with van der Waals surface area (Å²) in [6.45, 7) is 16.5. The molecule has 1 unspecified atom stereocenters. The SMILES string of the molecule is C=CCN(c1cc(C(C)NCC)ccn1)C(C)(C)C. The van der Waals surface area contributed by atoms with Gasteiger partial charge in [0.25, 0.3) is 0 Å². The van der Waals surface area contributed by atoms with E-state index < -0.39 is 0 Å². The van der Waals surface area contributed by atoms with E-state index in [0.717, 1.165) is 18.9 Å². The largest absolute Gasteiger partial charge is 0.348 e. The van der Waals surface area contributed by atoms with E-state index >= 15 is 0 Å². The van der Waals surface area contributed by atoms with Crippen molar-refractivity contribution in [2.45, 2.75) is 46.2 Å². The number of hydrogen-bond acceptors (Lipinski definition) is 3. The fourth-order valence-corrected chi connectivity index (χ4v) is 2.12. The van der Waals surface area contributed by atoms with Gasteiger partial charge in [0, 0.05) is 24.3 Å². The molecule has 0 amide bonds. The number of anilines is 1. The molecule has 0 spiro atoms. The summed E-state index contributed by atoms with van der Waals surface area (Å²) in [5.41, 5.74) is 1.30. The molecule has 1 heterocycles. The second kappa shape index (κ2) is 6.71. The summed E-state index contributed by atoms with van der Waals surface area (Å²) in [5.74, 6) is 1.01. The Hall–Kier alpha value is -1.35. The lowest BCUT2D eigenvalue weighted by molar-refractivity contribution is 0.516. The Labute approximate surface area is 117 Å². The van der Waals surface area contributed by atoms with E-state index in [9.17, 15) is 0 Å². The molecule has 0 saturated carbocycles. The minimum atomic E-state index is 0.0290. The lowest BCUT2D eigenvalue weighted by Crippen LogP contribution is -2.42. The summed E-state index contributed by atoms with van der Waals surface area (Å²) < 4.78 is 0. The van der Waals surface area contributed by atoms with Crippen LogP contribution in [-0.4, -0.2) is 23.6 Å². The summed E-state index contributed by atoms with van der Waals surface area (Å²) in [6.07, 6.45) is 3.81. The normalized spacial score (nSPS) is 13.1. The van der Waals surface area contributed by atoms with Crippen LogP contribution >= 0.6 is 0 Å². The van der Waals surface area contributed by atoms with E-state index in [2.05, 4.69) is 68.5 Å². The summed E-state index contributed by atoms with van der Waals surface area (Å²) in [7, 11) is 0. The smallest absolute Gasteiger partial charge is 0.129 e. The van der Waals surface area contributed by atoms with Crippen LogP contribution in [0.4, 0.5) is 5.82 Å². The molecule has 106 valence electrons. The van der Waals surface area contributed by atoms with Crippen molar-refractivity contribution in [3.63, 3.8) is 0 Å². The molecule has 1 aromatic heterocycles. The van der Waals surface area contributed by atoms with E-state index in [1.54, 1.807) is 0 Å². The molecule has 1 atom stereocenters.